The number of halogens is 1. The van der Waals surface area contributed by atoms with E-state index in [1.165, 1.54) is 28.8 Å². The lowest BCUT2D eigenvalue weighted by atomic mass is 10.0. The number of nitrogens with zero attached hydrogens (tertiary/aromatic N) is 4. The largest absolute Gasteiger partial charge is 0.359 e. The molecule has 0 saturated heterocycles. The van der Waals surface area contributed by atoms with Gasteiger partial charge in [0.15, 0.2) is 17.1 Å². The number of carbonyl (C=O) groups excluding carboxylic acids is 5. The maximum Gasteiger partial charge on any atom is 0.276 e. The summed E-state index contributed by atoms with van der Waals surface area (Å²) >= 11 is 6.24. The molecule has 0 fully saturated rings. The molecular weight excluding hydrogens is 604 g/mol. The van der Waals surface area contributed by atoms with Gasteiger partial charge < -0.3 is 30.7 Å². The highest BCUT2D eigenvalue weighted by molar-refractivity contribution is 6.33. The Labute approximate surface area is 265 Å². The highest BCUT2D eigenvalue weighted by atomic mass is 35.5. The van der Waals surface area contributed by atoms with Crippen LogP contribution in [0.2, 0.25) is 5.02 Å². The second-order valence-corrected chi connectivity index (χ2v) is 11.7. The first-order chi connectivity index (χ1) is 21.4. The summed E-state index contributed by atoms with van der Waals surface area (Å²) in [5.41, 5.74) is 0.696. The van der Waals surface area contributed by atoms with Crippen LogP contribution in [0.3, 0.4) is 0 Å². The molecule has 5 amide bonds. The minimum Gasteiger partial charge on any atom is -0.359 e. The molecule has 4 rings (SSSR count). The summed E-state index contributed by atoms with van der Waals surface area (Å²) in [5.74, 6) is -2.64. The Hall–Kier alpha value is -4.72. The zero-order chi connectivity index (χ0) is 32.7. The fourth-order valence-electron chi connectivity index (χ4n) is 4.79. The van der Waals surface area contributed by atoms with Crippen LogP contribution < -0.4 is 21.3 Å². The third kappa shape index (κ3) is 8.91. The second kappa shape index (κ2) is 14.8. The maximum absolute atomic E-state index is 13.5. The summed E-state index contributed by atoms with van der Waals surface area (Å²) in [5, 5.41) is 19.0. The monoisotopic (exact) mass is 640 g/mol. The van der Waals surface area contributed by atoms with E-state index < -0.39 is 47.7 Å². The standard InChI is InChI=1S/C30H37ClN8O6/c1-17(2)12-22-28(42)35-23(13-19-8-6-5-7-9-19)27(41)32-10-11-39(30(44)25-21(31)16-38(4)36-25)15-20-14-24(37-45-20)29(43)33-18(3)26(40)34-22/h5-9,14,16-18,22-23H,10-13,15H2,1-4H3,(H,32,41)(H,33,43)(H,34,40)(H,35,42)/t18-,22-,23-/m1/s1. The van der Waals surface area contributed by atoms with Gasteiger partial charge in [0, 0.05) is 38.8 Å². The van der Waals surface area contributed by atoms with Crippen LogP contribution in [-0.2, 0) is 34.4 Å². The molecule has 4 N–H and O–H groups in total. The molecule has 0 aliphatic carbocycles. The molecule has 2 bridgehead atoms. The van der Waals surface area contributed by atoms with Crippen molar-refractivity contribution < 1.29 is 28.5 Å². The van der Waals surface area contributed by atoms with E-state index in [1.54, 1.807) is 7.05 Å². The highest BCUT2D eigenvalue weighted by Gasteiger charge is 2.31. The van der Waals surface area contributed by atoms with E-state index in [1.807, 2.05) is 44.2 Å². The van der Waals surface area contributed by atoms with Crippen molar-refractivity contribution >= 4 is 41.1 Å². The summed E-state index contributed by atoms with van der Waals surface area (Å²) in [6.45, 7) is 5.16. The lowest BCUT2D eigenvalue weighted by Gasteiger charge is -2.26. The van der Waals surface area contributed by atoms with Crippen LogP contribution >= 0.6 is 11.6 Å². The predicted molar refractivity (Wildman–Crippen MR) is 163 cm³/mol. The van der Waals surface area contributed by atoms with Gasteiger partial charge in [0.1, 0.15) is 18.1 Å². The smallest absolute Gasteiger partial charge is 0.276 e. The van der Waals surface area contributed by atoms with Gasteiger partial charge in [0.25, 0.3) is 11.8 Å². The van der Waals surface area contributed by atoms with E-state index in [9.17, 15) is 24.0 Å². The van der Waals surface area contributed by atoms with Crippen LogP contribution in [-0.4, -0.2) is 80.6 Å². The van der Waals surface area contributed by atoms with Crippen LogP contribution in [0.1, 0.15) is 59.5 Å². The molecule has 1 aromatic carbocycles. The zero-order valence-corrected chi connectivity index (χ0v) is 26.3. The van der Waals surface area contributed by atoms with Crippen molar-refractivity contribution in [3.63, 3.8) is 0 Å². The normalized spacial score (nSPS) is 20.5. The fourth-order valence-corrected chi connectivity index (χ4v) is 5.05. The first-order valence-corrected chi connectivity index (χ1v) is 15.0. The fraction of sp³-hybridized carbons (Fsp3) is 0.433. The summed E-state index contributed by atoms with van der Waals surface area (Å²) in [6, 6.07) is 7.53. The number of aromatic nitrogens is 3. The van der Waals surface area contributed by atoms with Gasteiger partial charge in [-0.3, -0.25) is 28.7 Å². The van der Waals surface area contributed by atoms with Gasteiger partial charge in [0.2, 0.25) is 17.7 Å². The van der Waals surface area contributed by atoms with Crippen molar-refractivity contribution in [2.75, 3.05) is 13.1 Å². The van der Waals surface area contributed by atoms with Gasteiger partial charge in [-0.2, -0.15) is 5.10 Å². The number of hydrogen-bond acceptors (Lipinski definition) is 8. The number of aryl methyl sites for hydroxylation is 1. The van der Waals surface area contributed by atoms with Crippen molar-refractivity contribution in [3.05, 3.63) is 70.3 Å². The molecule has 1 aliphatic heterocycles. The average molecular weight is 641 g/mol. The summed E-state index contributed by atoms with van der Waals surface area (Å²) in [6.07, 6.45) is 1.95. The summed E-state index contributed by atoms with van der Waals surface area (Å²) < 4.78 is 6.74. The van der Waals surface area contributed by atoms with Gasteiger partial charge in [-0.05, 0) is 24.8 Å². The minimum absolute atomic E-state index is 0.00133. The molecule has 1 aliphatic rings. The molecule has 15 heteroatoms. The number of rotatable bonds is 5. The highest BCUT2D eigenvalue weighted by Crippen LogP contribution is 2.18. The van der Waals surface area contributed by atoms with E-state index in [-0.39, 0.29) is 60.6 Å². The Bertz CT molecular complexity index is 1540. The molecule has 0 spiro atoms. The van der Waals surface area contributed by atoms with Crippen molar-refractivity contribution in [1.82, 2.24) is 41.1 Å². The van der Waals surface area contributed by atoms with Crippen molar-refractivity contribution in [3.8, 4) is 0 Å². The number of benzene rings is 1. The zero-order valence-electron chi connectivity index (χ0n) is 25.5. The van der Waals surface area contributed by atoms with Gasteiger partial charge in [0.05, 0.1) is 11.6 Å². The Balaban J connectivity index is 1.66. The molecule has 0 saturated carbocycles. The number of fused-ring (bicyclic) bond motifs is 2. The topological polar surface area (TPSA) is 181 Å². The Morgan fingerprint density at radius 2 is 1.76 bits per heavy atom. The Morgan fingerprint density at radius 3 is 2.42 bits per heavy atom. The molecule has 0 radical (unpaired) electrons. The van der Waals surface area contributed by atoms with E-state index in [4.69, 9.17) is 16.1 Å². The number of amides is 5. The third-order valence-electron chi connectivity index (χ3n) is 7.09. The molecule has 0 unspecified atom stereocenters. The lowest BCUT2D eigenvalue weighted by Crippen LogP contribution is -2.57. The van der Waals surface area contributed by atoms with Gasteiger partial charge in [-0.1, -0.05) is 60.9 Å². The molecular formula is C30H37ClN8O6. The van der Waals surface area contributed by atoms with Crippen molar-refractivity contribution in [2.45, 2.75) is 58.3 Å². The third-order valence-corrected chi connectivity index (χ3v) is 7.37. The second-order valence-electron chi connectivity index (χ2n) is 11.3. The molecule has 45 heavy (non-hydrogen) atoms. The summed E-state index contributed by atoms with van der Waals surface area (Å²) in [4.78, 5) is 67.9. The molecule has 240 valence electrons. The predicted octanol–water partition coefficient (Wildman–Crippen LogP) is 1.21. The van der Waals surface area contributed by atoms with E-state index in [0.29, 0.717) is 0 Å². The van der Waals surface area contributed by atoms with Crippen LogP contribution in [0.25, 0.3) is 0 Å². The number of nitrogens with one attached hydrogen (secondary N) is 4. The summed E-state index contributed by atoms with van der Waals surface area (Å²) in [7, 11) is 1.62. The first-order valence-electron chi connectivity index (χ1n) is 14.6. The van der Waals surface area contributed by atoms with Gasteiger partial charge in [-0.15, -0.1) is 0 Å². The molecule has 3 aromatic rings. The molecule has 3 heterocycles. The van der Waals surface area contributed by atoms with E-state index >= 15 is 0 Å². The number of carbonyl (C=O) groups is 5. The van der Waals surface area contributed by atoms with Crippen LogP contribution in [0.5, 0.6) is 0 Å². The Kier molecular flexibility index (Phi) is 10.9. The van der Waals surface area contributed by atoms with Crippen LogP contribution in [0.15, 0.2) is 47.1 Å². The van der Waals surface area contributed by atoms with Crippen molar-refractivity contribution in [1.29, 1.82) is 0 Å². The van der Waals surface area contributed by atoms with Crippen LogP contribution in [0, 0.1) is 5.92 Å². The quantitative estimate of drug-likeness (QED) is 0.321. The number of hydrogen-bond donors (Lipinski definition) is 4. The minimum atomic E-state index is -1.04. The van der Waals surface area contributed by atoms with Crippen molar-refractivity contribution in [2.24, 2.45) is 13.0 Å². The molecule has 3 atom stereocenters. The van der Waals surface area contributed by atoms with E-state index in [2.05, 4.69) is 31.5 Å². The average Bonchev–Trinajstić information content (AvgIpc) is 3.60. The van der Waals surface area contributed by atoms with Gasteiger partial charge >= 0.3 is 0 Å². The van der Waals surface area contributed by atoms with Gasteiger partial charge in [-0.25, -0.2) is 0 Å². The Morgan fingerprint density at radius 1 is 1.04 bits per heavy atom. The van der Waals surface area contributed by atoms with Crippen LogP contribution in [0.4, 0.5) is 0 Å². The SMILES string of the molecule is CC(C)C[C@H]1NC(=O)[C@@H](C)NC(=O)c2cc(on2)CN(C(=O)c2nn(C)cc2Cl)CCNC(=O)[C@@H](Cc2ccccc2)NC1=O. The molecule has 2 aromatic heterocycles. The first kappa shape index (κ1) is 33.2. The lowest BCUT2D eigenvalue weighted by molar-refractivity contribution is -0.132. The van der Waals surface area contributed by atoms with E-state index in [0.717, 1.165) is 5.56 Å². The molecule has 14 nitrogen and oxygen atoms in total. The maximum atomic E-state index is 13.5.